The standard InChI is InChI=1S/C26H20ClF3N10O3/c1-14-8-15(11-31)9-18(23(41)34-13-17-4-3-7-43-17)21(14)36-24(42)20-10-16(12-35-38-25(37-32)26(28,29)30)39-40(20)22-19(27)5-2-6-33-22/h2-10H,12-13,32H2,1H3,(H,34,41)(H,36,42). The third kappa shape index (κ3) is 7.21. The van der Waals surface area contributed by atoms with Gasteiger partial charge in [0.05, 0.1) is 46.4 Å². The van der Waals surface area contributed by atoms with Crippen molar-refractivity contribution in [2.75, 3.05) is 5.32 Å². The summed E-state index contributed by atoms with van der Waals surface area (Å²) in [6, 6.07) is 12.4. The van der Waals surface area contributed by atoms with E-state index in [-0.39, 0.29) is 45.6 Å². The second-order valence-electron chi connectivity index (χ2n) is 8.64. The van der Waals surface area contributed by atoms with E-state index < -0.39 is 30.4 Å². The summed E-state index contributed by atoms with van der Waals surface area (Å²) in [5, 5.41) is 28.1. The first-order valence-electron chi connectivity index (χ1n) is 12.1. The molecule has 3 heterocycles. The Hall–Kier alpha value is -5.56. The van der Waals surface area contributed by atoms with E-state index in [0.29, 0.717) is 11.3 Å². The number of aromatic nitrogens is 3. The minimum Gasteiger partial charge on any atom is -0.467 e. The fourth-order valence-corrected chi connectivity index (χ4v) is 3.95. The second-order valence-corrected chi connectivity index (χ2v) is 9.04. The molecule has 0 unspecified atom stereocenters. The lowest BCUT2D eigenvalue weighted by atomic mass is 10.0. The zero-order valence-corrected chi connectivity index (χ0v) is 22.8. The van der Waals surface area contributed by atoms with Crippen molar-refractivity contribution in [2.24, 2.45) is 21.2 Å². The van der Waals surface area contributed by atoms with Gasteiger partial charge in [-0.1, -0.05) is 11.6 Å². The van der Waals surface area contributed by atoms with Crippen LogP contribution in [0.5, 0.6) is 0 Å². The topological polar surface area (TPSA) is 189 Å². The lowest BCUT2D eigenvalue weighted by molar-refractivity contribution is -0.0602. The number of nitrogens with zero attached hydrogens (tertiary/aromatic N) is 7. The highest BCUT2D eigenvalue weighted by Crippen LogP contribution is 2.26. The quantitative estimate of drug-likeness (QED) is 0.0847. The summed E-state index contributed by atoms with van der Waals surface area (Å²) in [5.74, 6) is 2.21. The highest BCUT2D eigenvalue weighted by atomic mass is 35.5. The molecule has 0 spiro atoms. The SMILES string of the molecule is Cc1cc(C#N)cc(C(=O)NCc2ccco2)c1NC(=O)c1cc(CN=NC(=NN)C(F)(F)F)nn1-c1ncccc1Cl. The molecular formula is C26H20ClF3N10O3. The Balaban J connectivity index is 1.69. The van der Waals surface area contributed by atoms with Crippen LogP contribution in [-0.4, -0.2) is 38.6 Å². The van der Waals surface area contributed by atoms with Crippen molar-refractivity contribution in [1.82, 2.24) is 20.1 Å². The molecule has 43 heavy (non-hydrogen) atoms. The van der Waals surface area contributed by atoms with Crippen molar-refractivity contribution >= 4 is 34.9 Å². The average molecular weight is 613 g/mol. The fraction of sp³-hybridized carbons (Fsp3) is 0.154. The van der Waals surface area contributed by atoms with Gasteiger partial charge in [-0.05, 0) is 55.0 Å². The van der Waals surface area contributed by atoms with Gasteiger partial charge in [-0.15, -0.1) is 5.11 Å². The molecule has 17 heteroatoms. The molecule has 2 amide bonds. The molecule has 0 atom stereocenters. The van der Waals surface area contributed by atoms with E-state index in [9.17, 15) is 28.0 Å². The Morgan fingerprint density at radius 2 is 2.00 bits per heavy atom. The minimum absolute atomic E-state index is 0.00633. The first-order valence-corrected chi connectivity index (χ1v) is 12.5. The maximum atomic E-state index is 13.6. The van der Waals surface area contributed by atoms with Gasteiger partial charge in [0.15, 0.2) is 5.82 Å². The molecule has 0 fully saturated rings. The number of anilines is 1. The van der Waals surface area contributed by atoms with Crippen LogP contribution >= 0.6 is 11.6 Å². The Kier molecular flexibility index (Phi) is 9.16. The first-order chi connectivity index (χ1) is 20.5. The van der Waals surface area contributed by atoms with Gasteiger partial charge in [-0.2, -0.15) is 33.7 Å². The number of alkyl halides is 3. The van der Waals surface area contributed by atoms with Crippen molar-refractivity contribution < 1.29 is 27.2 Å². The number of halogens is 4. The van der Waals surface area contributed by atoms with Gasteiger partial charge in [-0.25, -0.2) is 9.67 Å². The summed E-state index contributed by atoms with van der Waals surface area (Å²) in [7, 11) is 0. The van der Waals surface area contributed by atoms with Gasteiger partial charge >= 0.3 is 6.18 Å². The number of nitriles is 1. The van der Waals surface area contributed by atoms with Crippen LogP contribution in [0.1, 0.15) is 43.4 Å². The molecule has 0 radical (unpaired) electrons. The maximum absolute atomic E-state index is 13.6. The van der Waals surface area contributed by atoms with Crippen molar-refractivity contribution in [1.29, 1.82) is 5.26 Å². The molecule has 13 nitrogen and oxygen atoms in total. The number of furan rings is 1. The van der Waals surface area contributed by atoms with Crippen LogP contribution < -0.4 is 16.5 Å². The lowest BCUT2D eigenvalue weighted by Gasteiger charge is -2.15. The van der Waals surface area contributed by atoms with Crippen LogP contribution in [-0.2, 0) is 13.1 Å². The Labute approximate surface area is 245 Å². The number of nitrogens with one attached hydrogen (secondary N) is 2. The third-order valence-electron chi connectivity index (χ3n) is 5.66. The number of hydrogen-bond acceptors (Lipinski definition) is 9. The molecule has 0 aliphatic rings. The average Bonchev–Trinajstić information content (AvgIpc) is 3.65. The number of nitrogens with two attached hydrogens (primary N) is 1. The number of amides is 2. The number of hydrazone groups is 1. The van der Waals surface area contributed by atoms with E-state index in [2.05, 4.69) is 36.0 Å². The van der Waals surface area contributed by atoms with Crippen molar-refractivity contribution in [2.45, 2.75) is 26.2 Å². The number of aryl methyl sites for hydroxylation is 1. The zero-order valence-electron chi connectivity index (χ0n) is 22.1. The molecule has 0 aliphatic heterocycles. The number of pyridine rings is 1. The predicted octanol–water partition coefficient (Wildman–Crippen LogP) is 4.66. The third-order valence-corrected chi connectivity index (χ3v) is 5.95. The predicted molar refractivity (Wildman–Crippen MR) is 146 cm³/mol. The molecule has 0 bridgehead atoms. The van der Waals surface area contributed by atoms with Crippen LogP contribution in [0.2, 0.25) is 5.02 Å². The van der Waals surface area contributed by atoms with Gasteiger partial charge < -0.3 is 20.9 Å². The molecule has 4 N–H and O–H groups in total. The summed E-state index contributed by atoms with van der Waals surface area (Å²) < 4.78 is 44.9. The largest absolute Gasteiger partial charge is 0.467 e. The van der Waals surface area contributed by atoms with Crippen LogP contribution in [0, 0.1) is 18.3 Å². The molecule has 0 saturated carbocycles. The highest BCUT2D eigenvalue weighted by molar-refractivity contribution is 6.32. The number of azo groups is 1. The van der Waals surface area contributed by atoms with Crippen LogP contribution in [0.4, 0.5) is 18.9 Å². The van der Waals surface area contributed by atoms with Gasteiger partial charge in [0.2, 0.25) is 0 Å². The molecule has 0 saturated heterocycles. The van der Waals surface area contributed by atoms with E-state index in [1.165, 1.54) is 36.7 Å². The second kappa shape index (κ2) is 13.0. The van der Waals surface area contributed by atoms with E-state index in [4.69, 9.17) is 21.9 Å². The molecule has 0 aliphatic carbocycles. The van der Waals surface area contributed by atoms with Crippen LogP contribution in [0.15, 0.2) is 74.7 Å². The Bertz CT molecular complexity index is 1760. The lowest BCUT2D eigenvalue weighted by Crippen LogP contribution is -2.26. The number of hydrogen-bond donors (Lipinski definition) is 3. The van der Waals surface area contributed by atoms with Gasteiger partial charge in [-0.3, -0.25) is 9.59 Å². The molecule has 4 rings (SSSR count). The fourth-order valence-electron chi connectivity index (χ4n) is 3.74. The molecule has 4 aromatic rings. The van der Waals surface area contributed by atoms with Gasteiger partial charge in [0.1, 0.15) is 18.0 Å². The molecular weight excluding hydrogens is 593 g/mol. The van der Waals surface area contributed by atoms with E-state index in [0.717, 1.165) is 4.68 Å². The smallest absolute Gasteiger partial charge is 0.455 e. The summed E-state index contributed by atoms with van der Waals surface area (Å²) >= 11 is 6.28. The number of amidine groups is 1. The monoisotopic (exact) mass is 612 g/mol. The Morgan fingerprint density at radius 3 is 2.65 bits per heavy atom. The van der Waals surface area contributed by atoms with Crippen molar-refractivity contribution in [3.8, 4) is 11.9 Å². The normalized spacial score (nSPS) is 11.9. The number of rotatable bonds is 8. The Morgan fingerprint density at radius 1 is 1.21 bits per heavy atom. The van der Waals surface area contributed by atoms with Gasteiger partial charge in [0, 0.05) is 6.20 Å². The number of carbonyl (C=O) groups is 2. The van der Waals surface area contributed by atoms with Crippen molar-refractivity contribution in [3.63, 3.8) is 0 Å². The summed E-state index contributed by atoms with van der Waals surface area (Å²) in [6.07, 6.45) is -2.09. The number of benzene rings is 1. The van der Waals surface area contributed by atoms with E-state index in [1.807, 2.05) is 6.07 Å². The zero-order chi connectivity index (χ0) is 31.1. The minimum atomic E-state index is -4.93. The molecule has 3 aromatic heterocycles. The summed E-state index contributed by atoms with van der Waals surface area (Å²) in [5.41, 5.74) is 0.523. The van der Waals surface area contributed by atoms with Crippen LogP contribution in [0.3, 0.4) is 0 Å². The van der Waals surface area contributed by atoms with E-state index in [1.54, 1.807) is 25.1 Å². The number of carbonyl (C=O) groups excluding carboxylic acids is 2. The van der Waals surface area contributed by atoms with E-state index >= 15 is 0 Å². The molecule has 220 valence electrons. The summed E-state index contributed by atoms with van der Waals surface area (Å²) in [4.78, 5) is 30.9. The highest BCUT2D eigenvalue weighted by Gasteiger charge is 2.36. The van der Waals surface area contributed by atoms with Crippen molar-refractivity contribution in [3.05, 3.63) is 93.8 Å². The first kappa shape index (κ1) is 30.4. The van der Waals surface area contributed by atoms with Crippen LogP contribution in [0.25, 0.3) is 5.82 Å². The summed E-state index contributed by atoms with van der Waals surface area (Å²) in [6.45, 7) is 1.14. The van der Waals surface area contributed by atoms with Gasteiger partial charge in [0.25, 0.3) is 17.6 Å². The maximum Gasteiger partial charge on any atom is 0.455 e. The molecule has 1 aromatic carbocycles.